The van der Waals surface area contributed by atoms with Crippen molar-refractivity contribution in [3.8, 4) is 0 Å². The molecule has 2 aromatic heterocycles. The average molecular weight is 391 g/mol. The first-order valence-electron chi connectivity index (χ1n) is 9.80. The first-order chi connectivity index (χ1) is 13.7. The van der Waals surface area contributed by atoms with E-state index in [1.807, 2.05) is 50.6 Å². The van der Waals surface area contributed by atoms with Crippen LogP contribution in [-0.2, 0) is 5.54 Å². The molecule has 0 atom stereocenters. The van der Waals surface area contributed by atoms with Crippen molar-refractivity contribution in [1.82, 2.24) is 19.9 Å². The second-order valence-electron chi connectivity index (χ2n) is 8.58. The van der Waals surface area contributed by atoms with Gasteiger partial charge in [-0.3, -0.25) is 14.9 Å². The van der Waals surface area contributed by atoms with Gasteiger partial charge in [0, 0.05) is 29.5 Å². The molecule has 150 valence electrons. The number of aryl methyl sites for hydroxylation is 1. The average Bonchev–Trinajstić information content (AvgIpc) is 3.38. The second-order valence-corrected chi connectivity index (χ2v) is 8.58. The molecule has 3 aromatic rings. The second kappa shape index (κ2) is 6.99. The molecule has 1 aromatic carbocycles. The van der Waals surface area contributed by atoms with Gasteiger partial charge in [-0.2, -0.15) is 4.98 Å². The molecule has 29 heavy (non-hydrogen) atoms. The van der Waals surface area contributed by atoms with Crippen molar-refractivity contribution in [3.63, 3.8) is 0 Å². The Morgan fingerprint density at radius 2 is 1.79 bits per heavy atom. The maximum Gasteiger partial charge on any atom is 0.258 e. The lowest BCUT2D eigenvalue weighted by Crippen LogP contribution is -2.25. The van der Waals surface area contributed by atoms with Gasteiger partial charge in [-0.15, -0.1) is 0 Å². The summed E-state index contributed by atoms with van der Waals surface area (Å²) in [6.45, 7) is 8.10. The van der Waals surface area contributed by atoms with Gasteiger partial charge in [-0.1, -0.05) is 17.7 Å². The third kappa shape index (κ3) is 3.99. The molecule has 1 aliphatic rings. The van der Waals surface area contributed by atoms with Gasteiger partial charge in [0.15, 0.2) is 0 Å². The lowest BCUT2D eigenvalue weighted by Gasteiger charge is -2.22. The van der Waals surface area contributed by atoms with E-state index in [1.54, 1.807) is 18.3 Å². The van der Waals surface area contributed by atoms with E-state index in [0.29, 0.717) is 22.2 Å². The SMILES string of the molecule is Cc1ccc(C(=O)Nc2ncc3c(C(=O)NC4CC4)cn(C(C)(C)C)c3n2)cc1. The number of carbonyl (C=O) groups is 2. The van der Waals surface area contributed by atoms with Crippen molar-refractivity contribution in [3.05, 3.63) is 53.3 Å². The van der Waals surface area contributed by atoms with Gasteiger partial charge in [0.1, 0.15) is 5.65 Å². The number of carbonyl (C=O) groups excluding carboxylic acids is 2. The van der Waals surface area contributed by atoms with Gasteiger partial charge < -0.3 is 9.88 Å². The highest BCUT2D eigenvalue weighted by Crippen LogP contribution is 2.28. The largest absolute Gasteiger partial charge is 0.349 e. The molecule has 1 fully saturated rings. The Bertz CT molecular complexity index is 1090. The summed E-state index contributed by atoms with van der Waals surface area (Å²) in [5, 5.41) is 6.45. The van der Waals surface area contributed by atoms with Crippen molar-refractivity contribution in [2.75, 3.05) is 5.32 Å². The number of rotatable bonds is 4. The highest BCUT2D eigenvalue weighted by Gasteiger charge is 2.28. The molecule has 1 aliphatic carbocycles. The van der Waals surface area contributed by atoms with Gasteiger partial charge >= 0.3 is 0 Å². The maximum atomic E-state index is 12.7. The predicted molar refractivity (Wildman–Crippen MR) is 112 cm³/mol. The quantitative estimate of drug-likeness (QED) is 0.711. The molecule has 2 N–H and O–H groups in total. The zero-order chi connectivity index (χ0) is 20.8. The van der Waals surface area contributed by atoms with Crippen LogP contribution in [0.4, 0.5) is 5.95 Å². The Morgan fingerprint density at radius 3 is 2.41 bits per heavy atom. The Labute approximate surface area is 169 Å². The summed E-state index contributed by atoms with van der Waals surface area (Å²) in [6.07, 6.45) is 5.48. The van der Waals surface area contributed by atoms with Gasteiger partial charge in [0.25, 0.3) is 11.8 Å². The van der Waals surface area contributed by atoms with Crippen LogP contribution < -0.4 is 10.6 Å². The van der Waals surface area contributed by atoms with Crippen molar-refractivity contribution in [2.45, 2.75) is 52.1 Å². The van der Waals surface area contributed by atoms with Crippen LogP contribution in [0.1, 0.15) is 59.9 Å². The Kier molecular flexibility index (Phi) is 4.61. The minimum absolute atomic E-state index is 0.111. The van der Waals surface area contributed by atoms with E-state index in [-0.39, 0.29) is 29.3 Å². The smallest absolute Gasteiger partial charge is 0.258 e. The summed E-state index contributed by atoms with van der Waals surface area (Å²) in [5.41, 5.74) is 2.50. The summed E-state index contributed by atoms with van der Waals surface area (Å²) in [6, 6.07) is 7.57. The van der Waals surface area contributed by atoms with E-state index in [2.05, 4.69) is 20.6 Å². The number of anilines is 1. The molecule has 0 saturated heterocycles. The normalized spacial score (nSPS) is 14.1. The Balaban J connectivity index is 1.69. The number of nitrogens with zero attached hydrogens (tertiary/aromatic N) is 3. The van der Waals surface area contributed by atoms with E-state index in [9.17, 15) is 9.59 Å². The highest BCUT2D eigenvalue weighted by atomic mass is 16.2. The van der Waals surface area contributed by atoms with E-state index in [1.165, 1.54) is 0 Å². The number of amides is 2. The third-order valence-electron chi connectivity index (χ3n) is 4.96. The molecular formula is C22H25N5O2. The lowest BCUT2D eigenvalue weighted by atomic mass is 10.1. The van der Waals surface area contributed by atoms with Crippen LogP contribution in [-0.4, -0.2) is 32.4 Å². The minimum Gasteiger partial charge on any atom is -0.349 e. The summed E-state index contributed by atoms with van der Waals surface area (Å²) < 4.78 is 1.95. The monoisotopic (exact) mass is 391 g/mol. The fraction of sp³-hybridized carbons (Fsp3) is 0.364. The first-order valence-corrected chi connectivity index (χ1v) is 9.80. The Hall–Kier alpha value is -3.22. The Morgan fingerprint density at radius 1 is 1.10 bits per heavy atom. The molecule has 2 amide bonds. The van der Waals surface area contributed by atoms with E-state index >= 15 is 0 Å². The van der Waals surface area contributed by atoms with Crippen LogP contribution in [0, 0.1) is 6.92 Å². The molecule has 0 aliphatic heterocycles. The number of nitrogens with one attached hydrogen (secondary N) is 2. The molecule has 4 rings (SSSR count). The topological polar surface area (TPSA) is 88.9 Å². The van der Waals surface area contributed by atoms with Crippen molar-refractivity contribution < 1.29 is 9.59 Å². The van der Waals surface area contributed by atoms with Gasteiger partial charge in [0.2, 0.25) is 5.95 Å². The lowest BCUT2D eigenvalue weighted by molar-refractivity contribution is 0.0951. The van der Waals surface area contributed by atoms with Crippen LogP contribution in [0.2, 0.25) is 0 Å². The fourth-order valence-electron chi connectivity index (χ4n) is 3.13. The maximum absolute atomic E-state index is 12.7. The van der Waals surface area contributed by atoms with Crippen LogP contribution in [0.15, 0.2) is 36.7 Å². The molecule has 0 radical (unpaired) electrons. The molecule has 2 heterocycles. The van der Waals surface area contributed by atoms with Crippen molar-refractivity contribution in [1.29, 1.82) is 0 Å². The first kappa shape index (κ1) is 19.1. The van der Waals surface area contributed by atoms with E-state index < -0.39 is 0 Å². The van der Waals surface area contributed by atoms with E-state index in [0.717, 1.165) is 18.4 Å². The molecule has 0 spiro atoms. The molecule has 0 unspecified atom stereocenters. The summed E-state index contributed by atoms with van der Waals surface area (Å²) in [4.78, 5) is 34.0. The van der Waals surface area contributed by atoms with Crippen molar-refractivity contribution in [2.24, 2.45) is 0 Å². The zero-order valence-electron chi connectivity index (χ0n) is 17.1. The fourth-order valence-corrected chi connectivity index (χ4v) is 3.13. The summed E-state index contributed by atoms with van der Waals surface area (Å²) in [7, 11) is 0. The molecule has 0 bridgehead atoms. The number of aromatic nitrogens is 3. The predicted octanol–water partition coefficient (Wildman–Crippen LogP) is 3.64. The number of hydrogen-bond acceptors (Lipinski definition) is 4. The molecule has 7 heteroatoms. The number of benzene rings is 1. The van der Waals surface area contributed by atoms with E-state index in [4.69, 9.17) is 0 Å². The summed E-state index contributed by atoms with van der Waals surface area (Å²) >= 11 is 0. The molecule has 1 saturated carbocycles. The minimum atomic E-state index is -0.289. The van der Waals surface area contributed by atoms with Crippen LogP contribution in [0.25, 0.3) is 11.0 Å². The van der Waals surface area contributed by atoms with Gasteiger partial charge in [0.05, 0.1) is 10.9 Å². The third-order valence-corrected chi connectivity index (χ3v) is 4.96. The van der Waals surface area contributed by atoms with Crippen molar-refractivity contribution >= 4 is 28.8 Å². The molecular weight excluding hydrogens is 366 g/mol. The number of fused-ring (bicyclic) bond motifs is 1. The zero-order valence-corrected chi connectivity index (χ0v) is 17.1. The number of hydrogen-bond donors (Lipinski definition) is 2. The van der Waals surface area contributed by atoms with Gasteiger partial charge in [-0.05, 0) is 52.7 Å². The summed E-state index contributed by atoms with van der Waals surface area (Å²) in [5.74, 6) is -0.175. The van der Waals surface area contributed by atoms with Crippen LogP contribution in [0.3, 0.4) is 0 Å². The standard InChI is InChI=1S/C22H25N5O2/c1-13-5-7-14(8-6-13)19(28)26-21-23-11-16-17(20(29)24-15-9-10-15)12-27(18(16)25-21)22(2,3)4/h5-8,11-12,15H,9-10H2,1-4H3,(H,24,29)(H,23,25,26,28). The van der Waals surface area contributed by atoms with Crippen LogP contribution in [0.5, 0.6) is 0 Å². The van der Waals surface area contributed by atoms with Crippen LogP contribution >= 0.6 is 0 Å². The molecule has 7 nitrogen and oxygen atoms in total. The highest BCUT2D eigenvalue weighted by molar-refractivity contribution is 6.07. The van der Waals surface area contributed by atoms with Gasteiger partial charge in [-0.25, -0.2) is 4.98 Å².